The smallest absolute Gasteiger partial charge is 0.277 e. The van der Waals surface area contributed by atoms with Crippen LogP contribution in [-0.4, -0.2) is 55.2 Å². The monoisotopic (exact) mass is 300 g/mol. The molecule has 1 aromatic carbocycles. The van der Waals surface area contributed by atoms with Gasteiger partial charge in [-0.3, -0.25) is 14.5 Å². The molecule has 1 aliphatic rings. The molecule has 9 nitrogen and oxygen atoms in total. The quantitative estimate of drug-likeness (QED) is 0.703. The van der Waals surface area contributed by atoms with E-state index in [-0.39, 0.29) is 18.8 Å². The predicted octanol–water partition coefficient (Wildman–Crippen LogP) is -0.681. The van der Waals surface area contributed by atoms with E-state index in [2.05, 4.69) is 20.8 Å². The van der Waals surface area contributed by atoms with Gasteiger partial charge in [-0.2, -0.15) is 0 Å². The highest BCUT2D eigenvalue weighted by molar-refractivity contribution is 6.17. The molecule has 0 atom stereocenters. The minimum atomic E-state index is -0.466. The Morgan fingerprint density at radius 3 is 2.86 bits per heavy atom. The molecule has 2 amide bonds. The molecule has 0 spiro atoms. The number of β-amino-alcohol motifs (C(OH)–C–C–N with tert-alkyl or cyclic N) is 1. The fourth-order valence-electron chi connectivity index (χ4n) is 2.07. The van der Waals surface area contributed by atoms with Crippen LogP contribution in [0.15, 0.2) is 42.4 Å². The maximum atomic E-state index is 12.0. The summed E-state index contributed by atoms with van der Waals surface area (Å²) < 4.78 is 1.47. The normalized spacial score (nSPS) is 14.4. The van der Waals surface area contributed by atoms with Crippen LogP contribution in [0.2, 0.25) is 0 Å². The summed E-state index contributed by atoms with van der Waals surface area (Å²) in [6.07, 6.45) is 2.66. The summed E-state index contributed by atoms with van der Waals surface area (Å²) >= 11 is 0. The average molecular weight is 300 g/mol. The maximum absolute atomic E-state index is 12.0. The first-order chi connectivity index (χ1) is 10.7. The Balaban J connectivity index is 1.80. The number of carbonyl (C=O) groups is 2. The first-order valence-electron chi connectivity index (χ1n) is 6.48. The Morgan fingerprint density at radius 2 is 2.14 bits per heavy atom. The number of rotatable bonds is 5. The third-order valence-corrected chi connectivity index (χ3v) is 3.07. The molecule has 22 heavy (non-hydrogen) atoms. The van der Waals surface area contributed by atoms with Crippen molar-refractivity contribution in [2.45, 2.75) is 0 Å². The Bertz CT molecular complexity index is 740. The molecule has 112 valence electrons. The fourth-order valence-corrected chi connectivity index (χ4v) is 2.07. The van der Waals surface area contributed by atoms with Crippen molar-refractivity contribution < 1.29 is 14.7 Å². The Labute approximate surface area is 124 Å². The van der Waals surface area contributed by atoms with Crippen molar-refractivity contribution in [2.24, 2.45) is 0 Å². The van der Waals surface area contributed by atoms with Crippen LogP contribution in [0.25, 0.3) is 5.69 Å². The summed E-state index contributed by atoms with van der Waals surface area (Å²) in [6, 6.07) is 7.06. The molecular weight excluding hydrogens is 288 g/mol. The van der Waals surface area contributed by atoms with Crippen LogP contribution in [0.5, 0.6) is 0 Å². The number of nitrogens with one attached hydrogen (secondary N) is 1. The number of amides is 2. The van der Waals surface area contributed by atoms with Crippen LogP contribution < -0.4 is 5.32 Å². The van der Waals surface area contributed by atoms with Crippen LogP contribution in [-0.2, 0) is 9.59 Å². The SMILES string of the molecule is O=C1C=C(Nc2cccc(-n3cnnn3)c2)C(=O)N1CCO. The van der Waals surface area contributed by atoms with E-state index in [0.29, 0.717) is 11.4 Å². The van der Waals surface area contributed by atoms with Gasteiger partial charge in [0.2, 0.25) is 0 Å². The number of aliphatic hydroxyl groups is 1. The highest BCUT2D eigenvalue weighted by Gasteiger charge is 2.30. The molecule has 0 saturated heterocycles. The second-order valence-corrected chi connectivity index (χ2v) is 4.51. The van der Waals surface area contributed by atoms with Gasteiger partial charge in [-0.1, -0.05) is 6.07 Å². The van der Waals surface area contributed by atoms with E-state index in [1.165, 1.54) is 17.1 Å². The van der Waals surface area contributed by atoms with Gasteiger partial charge in [-0.25, -0.2) is 4.68 Å². The van der Waals surface area contributed by atoms with Crippen molar-refractivity contribution in [3.63, 3.8) is 0 Å². The van der Waals surface area contributed by atoms with Gasteiger partial charge in [0.05, 0.1) is 18.8 Å². The van der Waals surface area contributed by atoms with Gasteiger partial charge in [-0.15, -0.1) is 5.10 Å². The highest BCUT2D eigenvalue weighted by Crippen LogP contribution is 2.19. The molecule has 9 heteroatoms. The molecule has 2 N–H and O–H groups in total. The molecule has 0 unspecified atom stereocenters. The summed E-state index contributed by atoms with van der Waals surface area (Å²) in [6.45, 7) is -0.294. The van der Waals surface area contributed by atoms with E-state index in [1.54, 1.807) is 24.3 Å². The van der Waals surface area contributed by atoms with E-state index >= 15 is 0 Å². The van der Waals surface area contributed by atoms with E-state index < -0.39 is 11.8 Å². The molecule has 3 rings (SSSR count). The van der Waals surface area contributed by atoms with Crippen LogP contribution in [0.3, 0.4) is 0 Å². The van der Waals surface area contributed by atoms with Crippen LogP contribution in [0.1, 0.15) is 0 Å². The van der Waals surface area contributed by atoms with Gasteiger partial charge in [-0.05, 0) is 28.6 Å². The number of imide groups is 1. The molecule has 1 aliphatic heterocycles. The molecule has 0 bridgehead atoms. The summed E-state index contributed by atoms with van der Waals surface area (Å²) in [5.41, 5.74) is 1.48. The lowest BCUT2D eigenvalue weighted by Gasteiger charge is -2.13. The van der Waals surface area contributed by atoms with Crippen molar-refractivity contribution in [3.8, 4) is 5.69 Å². The van der Waals surface area contributed by atoms with Crippen molar-refractivity contribution >= 4 is 17.5 Å². The molecule has 0 fully saturated rings. The Morgan fingerprint density at radius 1 is 1.27 bits per heavy atom. The topological polar surface area (TPSA) is 113 Å². The number of aromatic nitrogens is 4. The highest BCUT2D eigenvalue weighted by atomic mass is 16.3. The fraction of sp³-hybridized carbons (Fsp3) is 0.154. The van der Waals surface area contributed by atoms with E-state index in [0.717, 1.165) is 4.90 Å². The lowest BCUT2D eigenvalue weighted by molar-refractivity contribution is -0.137. The Hall–Kier alpha value is -3.07. The van der Waals surface area contributed by atoms with Crippen LogP contribution >= 0.6 is 0 Å². The number of nitrogens with zero attached hydrogens (tertiary/aromatic N) is 5. The lowest BCUT2D eigenvalue weighted by Crippen LogP contribution is -2.34. The number of benzene rings is 1. The third kappa shape index (κ3) is 2.56. The van der Waals surface area contributed by atoms with Crippen molar-refractivity contribution in [2.75, 3.05) is 18.5 Å². The zero-order valence-corrected chi connectivity index (χ0v) is 11.4. The lowest BCUT2D eigenvalue weighted by atomic mass is 10.2. The molecule has 1 aromatic heterocycles. The molecule has 0 aliphatic carbocycles. The van der Waals surface area contributed by atoms with Gasteiger partial charge in [0.25, 0.3) is 11.8 Å². The summed E-state index contributed by atoms with van der Waals surface area (Å²) in [7, 11) is 0. The first kappa shape index (κ1) is 13.9. The summed E-state index contributed by atoms with van der Waals surface area (Å²) in [4.78, 5) is 24.7. The molecular formula is C13H12N6O3. The predicted molar refractivity (Wildman–Crippen MR) is 74.7 cm³/mol. The number of hydrogen-bond acceptors (Lipinski definition) is 7. The third-order valence-electron chi connectivity index (χ3n) is 3.07. The number of anilines is 1. The molecule has 0 saturated carbocycles. The first-order valence-corrected chi connectivity index (χ1v) is 6.48. The van der Waals surface area contributed by atoms with Crippen molar-refractivity contribution in [1.29, 1.82) is 0 Å². The second kappa shape index (κ2) is 5.74. The summed E-state index contributed by atoms with van der Waals surface area (Å²) in [5, 5.41) is 22.7. The van der Waals surface area contributed by atoms with E-state index in [9.17, 15) is 9.59 Å². The van der Waals surface area contributed by atoms with Gasteiger partial charge < -0.3 is 10.4 Å². The van der Waals surface area contributed by atoms with E-state index in [1.807, 2.05) is 0 Å². The number of carbonyl (C=O) groups excluding carboxylic acids is 2. The molecule has 2 aromatic rings. The van der Waals surface area contributed by atoms with Gasteiger partial charge in [0.1, 0.15) is 12.0 Å². The number of hydrogen-bond donors (Lipinski definition) is 2. The van der Waals surface area contributed by atoms with Crippen LogP contribution in [0.4, 0.5) is 5.69 Å². The Kier molecular flexibility index (Phi) is 3.62. The van der Waals surface area contributed by atoms with Crippen LogP contribution in [0, 0.1) is 0 Å². The van der Waals surface area contributed by atoms with Crippen molar-refractivity contribution in [3.05, 3.63) is 42.4 Å². The van der Waals surface area contributed by atoms with Gasteiger partial charge in [0.15, 0.2) is 0 Å². The molecule has 2 heterocycles. The average Bonchev–Trinajstić information content (AvgIpc) is 3.13. The maximum Gasteiger partial charge on any atom is 0.277 e. The molecule has 0 radical (unpaired) electrons. The van der Waals surface area contributed by atoms with Crippen molar-refractivity contribution in [1.82, 2.24) is 25.1 Å². The van der Waals surface area contributed by atoms with Gasteiger partial charge in [0, 0.05) is 11.8 Å². The standard InChI is InChI=1S/C13H12N6O3/c20-5-4-18-12(21)7-11(13(18)22)15-9-2-1-3-10(6-9)19-8-14-16-17-19/h1-3,6-8,15,20H,4-5H2. The summed E-state index contributed by atoms with van der Waals surface area (Å²) in [5.74, 6) is -0.912. The number of tetrazole rings is 1. The minimum absolute atomic E-state index is 0.0238. The zero-order chi connectivity index (χ0) is 15.5. The van der Waals surface area contributed by atoms with Gasteiger partial charge >= 0.3 is 0 Å². The zero-order valence-electron chi connectivity index (χ0n) is 11.4. The number of aliphatic hydroxyl groups excluding tert-OH is 1. The largest absolute Gasteiger partial charge is 0.395 e. The minimum Gasteiger partial charge on any atom is -0.395 e. The second-order valence-electron chi connectivity index (χ2n) is 4.51. The van der Waals surface area contributed by atoms with E-state index in [4.69, 9.17) is 5.11 Å².